The van der Waals surface area contributed by atoms with Gasteiger partial charge < -0.3 is 15.8 Å². The van der Waals surface area contributed by atoms with Crippen molar-refractivity contribution >= 4 is 5.91 Å². The van der Waals surface area contributed by atoms with Crippen molar-refractivity contribution in [2.24, 2.45) is 5.73 Å². The second-order valence-electron chi connectivity index (χ2n) is 4.84. The lowest BCUT2D eigenvalue weighted by Gasteiger charge is -2.12. The third kappa shape index (κ3) is 2.64. The van der Waals surface area contributed by atoms with Crippen molar-refractivity contribution in [3.63, 3.8) is 0 Å². The molecule has 18 heavy (non-hydrogen) atoms. The molecule has 1 aliphatic rings. The predicted molar refractivity (Wildman–Crippen MR) is 70.4 cm³/mol. The number of methoxy groups -OCH3 is 1. The largest absolute Gasteiger partial charge is 0.496 e. The van der Waals surface area contributed by atoms with Crippen molar-refractivity contribution in [2.45, 2.75) is 38.3 Å². The molecule has 0 heterocycles. The zero-order valence-corrected chi connectivity index (χ0v) is 11.0. The molecule has 2 rings (SSSR count). The van der Waals surface area contributed by atoms with Crippen LogP contribution in [-0.4, -0.2) is 18.6 Å². The van der Waals surface area contributed by atoms with Gasteiger partial charge in [-0.3, -0.25) is 4.79 Å². The molecule has 4 nitrogen and oxygen atoms in total. The molecule has 1 aromatic carbocycles. The molecule has 0 bridgehead atoms. The highest BCUT2D eigenvalue weighted by molar-refractivity contribution is 5.88. The Morgan fingerprint density at radius 3 is 2.78 bits per heavy atom. The van der Waals surface area contributed by atoms with Crippen LogP contribution in [0.3, 0.4) is 0 Å². The highest BCUT2D eigenvalue weighted by Gasteiger charge is 2.45. The van der Waals surface area contributed by atoms with Crippen LogP contribution in [0.2, 0.25) is 0 Å². The number of carbonyl (C=O) groups excluding carboxylic acids is 1. The Morgan fingerprint density at radius 1 is 1.50 bits per heavy atom. The second-order valence-corrected chi connectivity index (χ2v) is 4.84. The number of nitrogens with two attached hydrogens (primary N) is 1. The molecule has 0 radical (unpaired) electrons. The number of aryl methyl sites for hydroxylation is 1. The van der Waals surface area contributed by atoms with Crippen LogP contribution in [0.25, 0.3) is 0 Å². The molecule has 98 valence electrons. The number of benzene rings is 1. The Bertz CT molecular complexity index is 453. The lowest BCUT2D eigenvalue weighted by molar-refractivity contribution is -0.123. The molecule has 1 fully saturated rings. The Hall–Kier alpha value is -1.55. The third-order valence-electron chi connectivity index (χ3n) is 3.42. The Morgan fingerprint density at radius 2 is 2.22 bits per heavy atom. The van der Waals surface area contributed by atoms with Crippen LogP contribution >= 0.6 is 0 Å². The smallest absolute Gasteiger partial charge is 0.240 e. The molecule has 0 aliphatic heterocycles. The van der Waals surface area contributed by atoms with Gasteiger partial charge in [0.2, 0.25) is 5.91 Å². The minimum Gasteiger partial charge on any atom is -0.496 e. The van der Waals surface area contributed by atoms with Crippen molar-refractivity contribution in [1.29, 1.82) is 0 Å². The predicted octanol–water partition coefficient (Wildman–Crippen LogP) is 1.37. The maximum absolute atomic E-state index is 11.7. The third-order valence-corrected chi connectivity index (χ3v) is 3.42. The fourth-order valence-corrected chi connectivity index (χ4v) is 1.94. The summed E-state index contributed by atoms with van der Waals surface area (Å²) in [6, 6.07) is 5.97. The topological polar surface area (TPSA) is 64.4 Å². The van der Waals surface area contributed by atoms with Gasteiger partial charge in [-0.15, -0.1) is 0 Å². The highest BCUT2D eigenvalue weighted by atomic mass is 16.5. The van der Waals surface area contributed by atoms with E-state index >= 15 is 0 Å². The Balaban J connectivity index is 1.99. The standard InChI is InChI=1S/C14H20N2O2/c1-3-11-8-10(4-5-12(11)18-2)9-16-13(17)14(15)6-7-14/h4-5,8H,3,6-7,9,15H2,1-2H3,(H,16,17). The van der Waals surface area contributed by atoms with Crippen LogP contribution in [0, 0.1) is 0 Å². The molecule has 3 N–H and O–H groups in total. The summed E-state index contributed by atoms with van der Waals surface area (Å²) >= 11 is 0. The monoisotopic (exact) mass is 248 g/mol. The fourth-order valence-electron chi connectivity index (χ4n) is 1.94. The van der Waals surface area contributed by atoms with Gasteiger partial charge in [-0.05, 0) is 36.5 Å². The molecular formula is C14H20N2O2. The van der Waals surface area contributed by atoms with Gasteiger partial charge >= 0.3 is 0 Å². The first-order chi connectivity index (χ1) is 8.59. The first kappa shape index (κ1) is 12.9. The summed E-state index contributed by atoms with van der Waals surface area (Å²) < 4.78 is 5.27. The van der Waals surface area contributed by atoms with Crippen LogP contribution in [0.5, 0.6) is 5.75 Å². The average molecular weight is 248 g/mol. The number of ether oxygens (including phenoxy) is 1. The number of nitrogens with one attached hydrogen (secondary N) is 1. The maximum atomic E-state index is 11.7. The van der Waals surface area contributed by atoms with Gasteiger partial charge in [-0.25, -0.2) is 0 Å². The van der Waals surface area contributed by atoms with E-state index in [0.717, 1.165) is 36.1 Å². The number of amides is 1. The summed E-state index contributed by atoms with van der Waals surface area (Å²) in [5.74, 6) is 0.849. The normalized spacial score (nSPS) is 16.2. The Kier molecular flexibility index (Phi) is 3.57. The summed E-state index contributed by atoms with van der Waals surface area (Å²) in [7, 11) is 1.67. The first-order valence-electron chi connectivity index (χ1n) is 6.32. The number of hydrogen-bond acceptors (Lipinski definition) is 3. The van der Waals surface area contributed by atoms with Crippen molar-refractivity contribution in [3.05, 3.63) is 29.3 Å². The molecule has 1 aliphatic carbocycles. The number of hydrogen-bond donors (Lipinski definition) is 2. The SMILES string of the molecule is CCc1cc(CNC(=O)C2(N)CC2)ccc1OC. The van der Waals surface area contributed by atoms with Gasteiger partial charge in [-0.1, -0.05) is 19.1 Å². The lowest BCUT2D eigenvalue weighted by Crippen LogP contribution is -2.42. The number of carbonyl (C=O) groups is 1. The summed E-state index contributed by atoms with van der Waals surface area (Å²) in [5.41, 5.74) is 7.45. The van der Waals surface area contributed by atoms with E-state index in [9.17, 15) is 4.79 Å². The van der Waals surface area contributed by atoms with Gasteiger partial charge in [0, 0.05) is 6.54 Å². The summed E-state index contributed by atoms with van der Waals surface area (Å²) in [4.78, 5) is 11.7. The zero-order chi connectivity index (χ0) is 13.2. The summed E-state index contributed by atoms with van der Waals surface area (Å²) in [6.07, 6.45) is 2.50. The zero-order valence-electron chi connectivity index (χ0n) is 11.0. The molecule has 0 unspecified atom stereocenters. The van der Waals surface area contributed by atoms with E-state index in [2.05, 4.69) is 18.3 Å². The maximum Gasteiger partial charge on any atom is 0.240 e. The van der Waals surface area contributed by atoms with Gasteiger partial charge in [-0.2, -0.15) is 0 Å². The van der Waals surface area contributed by atoms with E-state index in [-0.39, 0.29) is 5.91 Å². The van der Waals surface area contributed by atoms with Crippen molar-refractivity contribution < 1.29 is 9.53 Å². The molecule has 1 amide bonds. The van der Waals surface area contributed by atoms with Crippen LogP contribution in [0.1, 0.15) is 30.9 Å². The van der Waals surface area contributed by atoms with E-state index in [1.165, 1.54) is 0 Å². The van der Waals surface area contributed by atoms with Crippen LogP contribution < -0.4 is 15.8 Å². The van der Waals surface area contributed by atoms with Crippen LogP contribution in [-0.2, 0) is 17.8 Å². The molecule has 0 spiro atoms. The van der Waals surface area contributed by atoms with Crippen LogP contribution in [0.15, 0.2) is 18.2 Å². The van der Waals surface area contributed by atoms with Gasteiger partial charge in [0.1, 0.15) is 5.75 Å². The second kappa shape index (κ2) is 4.98. The first-order valence-corrected chi connectivity index (χ1v) is 6.32. The summed E-state index contributed by atoms with van der Waals surface area (Å²) in [6.45, 7) is 2.61. The van der Waals surface area contributed by atoms with E-state index in [1.54, 1.807) is 7.11 Å². The minimum atomic E-state index is -0.597. The van der Waals surface area contributed by atoms with Crippen molar-refractivity contribution in [1.82, 2.24) is 5.32 Å². The number of rotatable bonds is 5. The molecule has 4 heteroatoms. The van der Waals surface area contributed by atoms with Crippen molar-refractivity contribution in [3.8, 4) is 5.75 Å². The van der Waals surface area contributed by atoms with Gasteiger partial charge in [0.05, 0.1) is 12.6 Å². The Labute approximate surface area is 108 Å². The van der Waals surface area contributed by atoms with Gasteiger partial charge in [0.25, 0.3) is 0 Å². The van der Waals surface area contributed by atoms with Crippen LogP contribution in [0.4, 0.5) is 0 Å². The molecule has 1 aromatic rings. The molecule has 1 saturated carbocycles. The van der Waals surface area contributed by atoms with E-state index in [4.69, 9.17) is 10.5 Å². The molecule has 0 atom stereocenters. The highest BCUT2D eigenvalue weighted by Crippen LogP contribution is 2.32. The molecular weight excluding hydrogens is 228 g/mol. The fraction of sp³-hybridized carbons (Fsp3) is 0.500. The van der Waals surface area contributed by atoms with E-state index < -0.39 is 5.54 Å². The van der Waals surface area contributed by atoms with Gasteiger partial charge in [0.15, 0.2) is 0 Å². The molecule has 0 aromatic heterocycles. The van der Waals surface area contributed by atoms with E-state index in [0.29, 0.717) is 6.54 Å². The minimum absolute atomic E-state index is 0.0450. The summed E-state index contributed by atoms with van der Waals surface area (Å²) in [5, 5.41) is 2.89. The van der Waals surface area contributed by atoms with Crippen molar-refractivity contribution in [2.75, 3.05) is 7.11 Å². The molecule has 0 saturated heterocycles. The average Bonchev–Trinajstić information content (AvgIpc) is 3.14. The lowest BCUT2D eigenvalue weighted by atomic mass is 10.1. The van der Waals surface area contributed by atoms with E-state index in [1.807, 2.05) is 12.1 Å². The quantitative estimate of drug-likeness (QED) is 0.827.